The molecule has 1 aromatic heterocycles. The van der Waals surface area contributed by atoms with Gasteiger partial charge in [0, 0.05) is 32.0 Å². The lowest BCUT2D eigenvalue weighted by atomic mass is 9.89. The monoisotopic (exact) mass is 368 g/mol. The van der Waals surface area contributed by atoms with Gasteiger partial charge < -0.3 is 14.6 Å². The molecule has 0 unspecified atom stereocenters. The minimum Gasteiger partial charge on any atom is -0.478 e. The Morgan fingerprint density at radius 3 is 2.81 bits per heavy atom. The zero-order valence-electron chi connectivity index (χ0n) is 15.3. The van der Waals surface area contributed by atoms with Gasteiger partial charge in [0.05, 0.1) is 5.56 Å². The lowest BCUT2D eigenvalue weighted by Crippen LogP contribution is -2.40. The lowest BCUT2D eigenvalue weighted by molar-refractivity contribution is 0.0679. The van der Waals surface area contributed by atoms with Crippen molar-refractivity contribution in [2.24, 2.45) is 0 Å². The molecule has 3 heterocycles. The Balaban J connectivity index is 1.53. The first-order chi connectivity index (χ1) is 13.1. The number of nitrogens with zero attached hydrogens (tertiary/aromatic N) is 4. The van der Waals surface area contributed by atoms with Crippen LogP contribution in [0.15, 0.2) is 24.3 Å². The first kappa shape index (κ1) is 17.7. The highest BCUT2D eigenvalue weighted by Crippen LogP contribution is 2.28. The molecule has 1 aromatic carbocycles. The molecule has 0 radical (unpaired) electrons. The predicted octanol–water partition coefficient (Wildman–Crippen LogP) is 2.72. The second kappa shape index (κ2) is 7.50. The fourth-order valence-electron chi connectivity index (χ4n) is 4.14. The van der Waals surface area contributed by atoms with Crippen LogP contribution in [0.5, 0.6) is 0 Å². The van der Waals surface area contributed by atoms with E-state index in [1.165, 1.54) is 0 Å². The number of carboxylic acids is 1. The highest BCUT2D eigenvalue weighted by Gasteiger charge is 2.29. The largest absolute Gasteiger partial charge is 0.478 e. The maximum absolute atomic E-state index is 13.1. The third-order valence-electron chi connectivity index (χ3n) is 5.61. The Labute approximate surface area is 158 Å². The Bertz CT molecular complexity index is 861. The van der Waals surface area contributed by atoms with Crippen molar-refractivity contribution in [1.82, 2.24) is 19.7 Å². The Morgan fingerprint density at radius 2 is 1.96 bits per heavy atom. The van der Waals surface area contributed by atoms with Crippen LogP contribution < -0.4 is 0 Å². The van der Waals surface area contributed by atoms with Gasteiger partial charge in [0.25, 0.3) is 5.91 Å². The predicted molar refractivity (Wildman–Crippen MR) is 98.9 cm³/mol. The van der Waals surface area contributed by atoms with Crippen LogP contribution in [0, 0.1) is 0 Å². The smallest absolute Gasteiger partial charge is 0.335 e. The highest BCUT2D eigenvalue weighted by molar-refractivity contribution is 5.91. The zero-order valence-corrected chi connectivity index (χ0v) is 15.3. The van der Waals surface area contributed by atoms with Crippen LogP contribution in [0.25, 0.3) is 0 Å². The number of aromatic carboxylic acids is 1. The number of likely N-dealkylation sites (tertiary alicyclic amines) is 1. The summed E-state index contributed by atoms with van der Waals surface area (Å²) >= 11 is 0. The SMILES string of the molecule is O=C(O)c1cccc([C@@H]2CCCN(C(=O)c3nnc4n3CCCCC4)C2)c1. The number of piperidine rings is 1. The number of fused-ring (bicyclic) bond motifs is 1. The summed E-state index contributed by atoms with van der Waals surface area (Å²) in [7, 11) is 0. The fraction of sp³-hybridized carbons (Fsp3) is 0.500. The summed E-state index contributed by atoms with van der Waals surface area (Å²) in [5.74, 6) is 0.528. The molecule has 1 saturated heterocycles. The van der Waals surface area contributed by atoms with Crippen LogP contribution >= 0.6 is 0 Å². The van der Waals surface area contributed by atoms with Gasteiger partial charge in [-0.2, -0.15) is 0 Å². The van der Waals surface area contributed by atoms with Crippen LogP contribution in [-0.4, -0.2) is 49.7 Å². The second-order valence-corrected chi connectivity index (χ2v) is 7.42. The minimum atomic E-state index is -0.924. The standard InChI is InChI=1S/C20H24N4O3/c25-19(18-22-21-17-9-2-1-3-11-24(17)18)23-10-5-8-16(13-23)14-6-4-7-15(12-14)20(26)27/h4,6-7,12,16H,1-3,5,8-11,13H2,(H,26,27)/t16-/m1/s1. The first-order valence-electron chi connectivity index (χ1n) is 9.68. The van der Waals surface area contributed by atoms with Crippen molar-refractivity contribution in [3.8, 4) is 0 Å². The van der Waals surface area contributed by atoms with Gasteiger partial charge in [-0.25, -0.2) is 4.79 Å². The van der Waals surface area contributed by atoms with Crippen molar-refractivity contribution < 1.29 is 14.7 Å². The van der Waals surface area contributed by atoms with E-state index >= 15 is 0 Å². The van der Waals surface area contributed by atoms with Gasteiger partial charge in [-0.15, -0.1) is 10.2 Å². The zero-order chi connectivity index (χ0) is 18.8. The van der Waals surface area contributed by atoms with E-state index in [1.54, 1.807) is 18.2 Å². The maximum atomic E-state index is 13.1. The van der Waals surface area contributed by atoms with E-state index in [-0.39, 0.29) is 11.8 Å². The second-order valence-electron chi connectivity index (χ2n) is 7.42. The van der Waals surface area contributed by atoms with Gasteiger partial charge in [0.1, 0.15) is 5.82 Å². The molecule has 0 saturated carbocycles. The summed E-state index contributed by atoms with van der Waals surface area (Å²) < 4.78 is 1.99. The van der Waals surface area contributed by atoms with Crippen molar-refractivity contribution in [3.63, 3.8) is 0 Å². The Morgan fingerprint density at radius 1 is 1.07 bits per heavy atom. The molecule has 142 valence electrons. The number of carboxylic acid groups (broad SMARTS) is 1. The topological polar surface area (TPSA) is 88.3 Å². The molecule has 2 aromatic rings. The normalized spacial score (nSPS) is 20.0. The van der Waals surface area contributed by atoms with Gasteiger partial charge >= 0.3 is 5.97 Å². The summed E-state index contributed by atoms with van der Waals surface area (Å²) in [6.07, 6.45) is 6.03. The maximum Gasteiger partial charge on any atom is 0.335 e. The van der Waals surface area contributed by atoms with Gasteiger partial charge in [-0.1, -0.05) is 18.6 Å². The lowest BCUT2D eigenvalue weighted by Gasteiger charge is -2.33. The van der Waals surface area contributed by atoms with Gasteiger partial charge in [0.15, 0.2) is 0 Å². The molecular weight excluding hydrogens is 344 g/mol. The number of aryl methyl sites for hydroxylation is 1. The van der Waals surface area contributed by atoms with Gasteiger partial charge in [-0.3, -0.25) is 4.79 Å². The van der Waals surface area contributed by atoms with Crippen LogP contribution in [0.2, 0.25) is 0 Å². The van der Waals surface area contributed by atoms with Crippen molar-refractivity contribution in [2.45, 2.75) is 51.0 Å². The minimum absolute atomic E-state index is 0.0604. The number of hydrogen-bond acceptors (Lipinski definition) is 4. The van der Waals surface area contributed by atoms with E-state index in [9.17, 15) is 14.7 Å². The highest BCUT2D eigenvalue weighted by atomic mass is 16.4. The van der Waals surface area contributed by atoms with E-state index in [1.807, 2.05) is 15.5 Å². The van der Waals surface area contributed by atoms with E-state index in [0.717, 1.165) is 56.5 Å². The van der Waals surface area contributed by atoms with E-state index in [2.05, 4.69) is 10.2 Å². The third kappa shape index (κ3) is 3.59. The molecule has 0 bridgehead atoms. The van der Waals surface area contributed by atoms with Crippen molar-refractivity contribution >= 4 is 11.9 Å². The summed E-state index contributed by atoms with van der Waals surface area (Å²) in [5, 5.41) is 17.7. The molecule has 7 nitrogen and oxygen atoms in total. The average Bonchev–Trinajstić information content (AvgIpc) is 2.95. The number of hydrogen-bond donors (Lipinski definition) is 1. The third-order valence-corrected chi connectivity index (χ3v) is 5.61. The average molecular weight is 368 g/mol. The van der Waals surface area contributed by atoms with Crippen LogP contribution in [0.3, 0.4) is 0 Å². The van der Waals surface area contributed by atoms with E-state index in [0.29, 0.717) is 24.5 Å². The molecule has 0 aliphatic carbocycles. The quantitative estimate of drug-likeness (QED) is 0.900. The number of amides is 1. The molecule has 1 fully saturated rings. The number of benzene rings is 1. The van der Waals surface area contributed by atoms with Crippen LogP contribution in [0.4, 0.5) is 0 Å². The molecule has 2 aliphatic heterocycles. The van der Waals surface area contributed by atoms with Gasteiger partial charge in [-0.05, 0) is 43.4 Å². The molecule has 1 amide bonds. The van der Waals surface area contributed by atoms with Crippen molar-refractivity contribution in [2.75, 3.05) is 13.1 Å². The molecule has 4 rings (SSSR count). The molecule has 2 aliphatic rings. The summed E-state index contributed by atoms with van der Waals surface area (Å²) in [4.78, 5) is 26.2. The molecule has 7 heteroatoms. The number of aromatic nitrogens is 3. The van der Waals surface area contributed by atoms with Crippen molar-refractivity contribution in [3.05, 3.63) is 47.0 Å². The number of rotatable bonds is 3. The molecule has 1 atom stereocenters. The van der Waals surface area contributed by atoms with E-state index in [4.69, 9.17) is 0 Å². The molecule has 1 N–H and O–H groups in total. The molecule has 0 spiro atoms. The molecule has 27 heavy (non-hydrogen) atoms. The number of carbonyl (C=O) groups is 2. The Hall–Kier alpha value is -2.70. The van der Waals surface area contributed by atoms with Crippen LogP contribution in [0.1, 0.15) is 70.4 Å². The van der Waals surface area contributed by atoms with Gasteiger partial charge in [0.2, 0.25) is 5.82 Å². The summed E-state index contributed by atoms with van der Waals surface area (Å²) in [6.45, 7) is 2.10. The Kier molecular flexibility index (Phi) is 4.92. The summed E-state index contributed by atoms with van der Waals surface area (Å²) in [5.41, 5.74) is 1.27. The van der Waals surface area contributed by atoms with E-state index < -0.39 is 5.97 Å². The number of carbonyl (C=O) groups excluding carboxylic acids is 1. The van der Waals surface area contributed by atoms with Crippen molar-refractivity contribution in [1.29, 1.82) is 0 Å². The molecular formula is C20H24N4O3. The van der Waals surface area contributed by atoms with Crippen LogP contribution in [-0.2, 0) is 13.0 Å². The summed E-state index contributed by atoms with van der Waals surface area (Å²) in [6, 6.07) is 7.05. The fourth-order valence-corrected chi connectivity index (χ4v) is 4.14. The first-order valence-corrected chi connectivity index (χ1v) is 9.68.